The minimum absolute atomic E-state index is 0.0435. The first kappa shape index (κ1) is 36.5. The number of fused-ring (bicyclic) bond motifs is 2. The zero-order chi connectivity index (χ0) is 37.0. The van der Waals surface area contributed by atoms with Crippen molar-refractivity contribution < 1.29 is 9.53 Å². The maximum absolute atomic E-state index is 13.3. The van der Waals surface area contributed by atoms with Crippen molar-refractivity contribution in [1.82, 2.24) is 38.6 Å². The Morgan fingerprint density at radius 2 is 1.31 bits per heavy atom. The van der Waals surface area contributed by atoms with Crippen molar-refractivity contribution in [2.75, 3.05) is 23.7 Å². The van der Waals surface area contributed by atoms with Crippen LogP contribution in [0.5, 0.6) is 0 Å². The van der Waals surface area contributed by atoms with Gasteiger partial charge in [-0.1, -0.05) is 0 Å². The van der Waals surface area contributed by atoms with Gasteiger partial charge in [0.2, 0.25) is 11.9 Å². The summed E-state index contributed by atoms with van der Waals surface area (Å²) in [4.78, 5) is 59.7. The van der Waals surface area contributed by atoms with Crippen molar-refractivity contribution in [1.29, 1.82) is 0 Å². The number of ether oxygens (including phenoxy) is 1. The highest BCUT2D eigenvalue weighted by molar-refractivity contribution is 5.86. The van der Waals surface area contributed by atoms with E-state index < -0.39 is 11.7 Å². The molecule has 3 N–H and O–H groups in total. The fourth-order valence-corrected chi connectivity index (χ4v) is 5.78. The SMILES string of the molecule is CCNc1nc(C)c2cc(-c3ccc[nH]3)c(=O)n(CC)c2n1.CCNc1nc(C)c2cc(-c3cccn3C(=O)OC(C)(C)C)c(=O)n(CC)c2n1. The Hall–Kier alpha value is -5.79. The first-order valence-corrected chi connectivity index (χ1v) is 17.2. The number of nitrogens with zero attached hydrogens (tertiary/aromatic N) is 7. The number of H-pyrrole nitrogens is 1. The quantitative estimate of drug-likeness (QED) is 0.163. The molecule has 51 heavy (non-hydrogen) atoms. The van der Waals surface area contributed by atoms with Gasteiger partial charge in [0, 0.05) is 49.3 Å². The molecule has 14 nitrogen and oxygen atoms in total. The first-order valence-electron chi connectivity index (χ1n) is 17.2. The van der Waals surface area contributed by atoms with E-state index in [4.69, 9.17) is 4.74 Å². The second kappa shape index (κ2) is 15.0. The molecule has 0 radical (unpaired) electrons. The lowest BCUT2D eigenvalue weighted by atomic mass is 10.1. The number of pyridine rings is 2. The summed E-state index contributed by atoms with van der Waals surface area (Å²) < 4.78 is 10.1. The number of carbonyl (C=O) groups is 1. The van der Waals surface area contributed by atoms with Gasteiger partial charge in [0.25, 0.3) is 11.1 Å². The lowest BCUT2D eigenvalue weighted by Gasteiger charge is -2.20. The maximum atomic E-state index is 13.3. The summed E-state index contributed by atoms with van der Waals surface area (Å²) in [5.74, 6) is 1.05. The predicted molar refractivity (Wildman–Crippen MR) is 202 cm³/mol. The van der Waals surface area contributed by atoms with Gasteiger partial charge < -0.3 is 20.4 Å². The summed E-state index contributed by atoms with van der Waals surface area (Å²) in [5, 5.41) is 7.87. The molecule has 0 spiro atoms. The van der Waals surface area contributed by atoms with Crippen LogP contribution in [0.25, 0.3) is 44.6 Å². The summed E-state index contributed by atoms with van der Waals surface area (Å²) in [7, 11) is 0. The average molecular weight is 695 g/mol. The zero-order valence-corrected chi connectivity index (χ0v) is 30.7. The molecule has 0 saturated carbocycles. The summed E-state index contributed by atoms with van der Waals surface area (Å²) in [6.07, 6.45) is 2.88. The van der Waals surface area contributed by atoms with Gasteiger partial charge in [-0.05, 0) is 98.7 Å². The first-order chi connectivity index (χ1) is 24.3. The molecular weight excluding hydrogens is 648 g/mol. The minimum atomic E-state index is -0.640. The molecule has 0 atom stereocenters. The van der Waals surface area contributed by atoms with Crippen molar-refractivity contribution >= 4 is 40.1 Å². The molecule has 6 rings (SSSR count). The molecule has 0 saturated heterocycles. The second-order valence-corrected chi connectivity index (χ2v) is 12.8. The van der Waals surface area contributed by atoms with E-state index in [1.165, 1.54) is 4.57 Å². The fraction of sp³-hybridized carbons (Fsp3) is 0.378. The van der Waals surface area contributed by atoms with Crippen LogP contribution in [-0.4, -0.2) is 63.4 Å². The van der Waals surface area contributed by atoms with Crippen LogP contribution in [0.4, 0.5) is 16.7 Å². The minimum Gasteiger partial charge on any atom is -0.443 e. The van der Waals surface area contributed by atoms with Crippen LogP contribution < -0.4 is 21.8 Å². The highest BCUT2D eigenvalue weighted by Gasteiger charge is 2.23. The van der Waals surface area contributed by atoms with E-state index in [9.17, 15) is 14.4 Å². The van der Waals surface area contributed by atoms with Crippen molar-refractivity contribution in [3.8, 4) is 22.5 Å². The van der Waals surface area contributed by atoms with E-state index in [2.05, 4.69) is 35.6 Å². The van der Waals surface area contributed by atoms with E-state index >= 15 is 0 Å². The van der Waals surface area contributed by atoms with Gasteiger partial charge in [-0.2, -0.15) is 9.97 Å². The highest BCUT2D eigenvalue weighted by atomic mass is 16.6. The number of aromatic nitrogens is 8. The highest BCUT2D eigenvalue weighted by Crippen LogP contribution is 2.25. The fourth-order valence-electron chi connectivity index (χ4n) is 5.78. The summed E-state index contributed by atoms with van der Waals surface area (Å²) in [5.41, 5.74) is 4.28. The average Bonchev–Trinajstić information content (AvgIpc) is 3.78. The number of anilines is 2. The van der Waals surface area contributed by atoms with Crippen molar-refractivity contribution in [2.45, 2.75) is 81.0 Å². The monoisotopic (exact) mass is 694 g/mol. The molecule has 0 fully saturated rings. The third kappa shape index (κ3) is 7.54. The molecule has 0 aromatic carbocycles. The van der Waals surface area contributed by atoms with Gasteiger partial charge in [-0.3, -0.25) is 23.3 Å². The van der Waals surface area contributed by atoms with Crippen LogP contribution in [0.2, 0.25) is 0 Å². The number of nitrogens with one attached hydrogen (secondary N) is 3. The number of hydrogen-bond donors (Lipinski definition) is 3. The Morgan fingerprint density at radius 3 is 1.78 bits per heavy atom. The molecule has 6 aromatic rings. The van der Waals surface area contributed by atoms with Gasteiger partial charge in [-0.15, -0.1) is 0 Å². The van der Waals surface area contributed by atoms with Gasteiger partial charge in [0.05, 0.1) is 33.9 Å². The number of aromatic amines is 1. The summed E-state index contributed by atoms with van der Waals surface area (Å²) >= 11 is 0. The van der Waals surface area contributed by atoms with E-state index in [1.54, 1.807) is 54.3 Å². The number of hydrogen-bond acceptors (Lipinski definition) is 10. The Morgan fingerprint density at radius 1 is 0.784 bits per heavy atom. The lowest BCUT2D eigenvalue weighted by Crippen LogP contribution is -2.28. The zero-order valence-electron chi connectivity index (χ0n) is 30.7. The van der Waals surface area contributed by atoms with E-state index in [0.29, 0.717) is 59.6 Å². The van der Waals surface area contributed by atoms with Crippen molar-refractivity contribution in [3.63, 3.8) is 0 Å². The predicted octanol–water partition coefficient (Wildman–Crippen LogP) is 6.35. The Kier molecular flexibility index (Phi) is 10.7. The van der Waals surface area contributed by atoms with Crippen LogP contribution >= 0.6 is 0 Å². The third-order valence-corrected chi connectivity index (χ3v) is 8.08. The lowest BCUT2D eigenvalue weighted by molar-refractivity contribution is 0.0540. The molecule has 0 aliphatic heterocycles. The van der Waals surface area contributed by atoms with Crippen molar-refractivity contribution in [3.05, 3.63) is 80.9 Å². The molecule has 0 aliphatic carbocycles. The topological polar surface area (TPSA) is 167 Å². The number of rotatable bonds is 8. The van der Waals surface area contributed by atoms with Crippen molar-refractivity contribution in [2.24, 2.45) is 0 Å². The summed E-state index contributed by atoms with van der Waals surface area (Å²) in [6, 6.07) is 10.9. The molecule has 6 aromatic heterocycles. The third-order valence-electron chi connectivity index (χ3n) is 8.08. The second-order valence-electron chi connectivity index (χ2n) is 12.8. The molecule has 0 bridgehead atoms. The molecule has 268 valence electrons. The maximum Gasteiger partial charge on any atom is 0.418 e. The number of carbonyl (C=O) groups excluding carboxylic acids is 1. The van der Waals surface area contributed by atoms with Crippen LogP contribution in [0.1, 0.15) is 59.9 Å². The van der Waals surface area contributed by atoms with Crippen LogP contribution in [-0.2, 0) is 17.8 Å². The molecule has 6 heterocycles. The normalized spacial score (nSPS) is 11.4. The standard InChI is InChI=1S/C21H27N5O3.C16H19N5O/c1-7-22-19-23-13(3)14-12-15(18(27)25(8-2)17(14)24-19)16-10-9-11-26(16)20(28)29-21(4,5)6;1-4-17-16-19-10(3)11-9-12(13-7-6-8-18-13)15(22)21(5-2)14(11)20-16/h9-12H,7-8H2,1-6H3,(H,22,23,24);6-9,18H,4-5H2,1-3H3,(H,17,19,20). The summed E-state index contributed by atoms with van der Waals surface area (Å²) in [6.45, 7) is 19.4. The molecule has 0 amide bonds. The van der Waals surface area contributed by atoms with Crippen LogP contribution in [0.15, 0.2) is 58.4 Å². The van der Waals surface area contributed by atoms with Crippen LogP contribution in [0.3, 0.4) is 0 Å². The molecule has 0 unspecified atom stereocenters. The van der Waals surface area contributed by atoms with E-state index in [-0.39, 0.29) is 11.1 Å². The van der Waals surface area contributed by atoms with Gasteiger partial charge in [-0.25, -0.2) is 14.8 Å². The van der Waals surface area contributed by atoms with Gasteiger partial charge in [0.15, 0.2) is 0 Å². The molecule has 0 aliphatic rings. The Balaban J connectivity index is 0.000000205. The van der Waals surface area contributed by atoms with Gasteiger partial charge >= 0.3 is 6.09 Å². The largest absolute Gasteiger partial charge is 0.443 e. The molecular formula is C37H46N10O4. The van der Waals surface area contributed by atoms with Crippen LogP contribution in [0, 0.1) is 13.8 Å². The Bertz CT molecular complexity index is 2310. The van der Waals surface area contributed by atoms with E-state index in [1.807, 2.05) is 65.9 Å². The van der Waals surface area contributed by atoms with Gasteiger partial charge in [0.1, 0.15) is 16.9 Å². The smallest absolute Gasteiger partial charge is 0.418 e. The van der Waals surface area contributed by atoms with E-state index in [0.717, 1.165) is 34.4 Å². The Labute approximate surface area is 296 Å². The molecule has 14 heteroatoms. The number of aryl methyl sites for hydroxylation is 4.